The Kier molecular flexibility index (Phi) is 10.2. The number of aromatic nitrogens is 2. The van der Waals surface area contributed by atoms with Gasteiger partial charge in [-0.3, -0.25) is 9.59 Å². The lowest BCUT2D eigenvalue weighted by atomic mass is 9.86. The first kappa shape index (κ1) is 40.1. The number of benzene rings is 2. The number of amides is 2. The van der Waals surface area contributed by atoms with Crippen molar-refractivity contribution in [2.45, 2.75) is 82.4 Å². The Hall–Kier alpha value is -6.36. The van der Waals surface area contributed by atoms with Gasteiger partial charge in [-0.1, -0.05) is 13.0 Å². The number of fused-ring (bicyclic) bond motifs is 7. The monoisotopic (exact) mass is 845 g/mol. The van der Waals surface area contributed by atoms with Crippen LogP contribution in [0, 0.1) is 0 Å². The number of ether oxygens (including phenoxy) is 8. The maximum Gasteiger partial charge on any atom is 0.407 e. The van der Waals surface area contributed by atoms with E-state index in [1.54, 1.807) is 25.1 Å². The number of alkyl carbamates (subject to hydrolysis) is 1. The van der Waals surface area contributed by atoms with E-state index in [1.807, 2.05) is 0 Å². The predicted octanol–water partition coefficient (Wildman–Crippen LogP) is 0.813. The van der Waals surface area contributed by atoms with Crippen molar-refractivity contribution in [3.8, 4) is 28.6 Å². The van der Waals surface area contributed by atoms with Gasteiger partial charge in [0.25, 0.3) is 5.56 Å². The van der Waals surface area contributed by atoms with Crippen LogP contribution >= 0.6 is 0 Å². The summed E-state index contributed by atoms with van der Waals surface area (Å²) >= 11 is 0. The Morgan fingerprint density at radius 3 is 2.59 bits per heavy atom. The van der Waals surface area contributed by atoms with Crippen molar-refractivity contribution >= 4 is 40.5 Å². The van der Waals surface area contributed by atoms with Crippen molar-refractivity contribution < 1.29 is 72.4 Å². The second kappa shape index (κ2) is 15.6. The number of anilines is 1. The molecule has 61 heavy (non-hydrogen) atoms. The van der Waals surface area contributed by atoms with E-state index in [1.165, 1.54) is 22.8 Å². The summed E-state index contributed by atoms with van der Waals surface area (Å²) in [4.78, 5) is 69.4. The predicted molar refractivity (Wildman–Crippen MR) is 204 cm³/mol. The summed E-state index contributed by atoms with van der Waals surface area (Å²) in [5.41, 5.74) is 6.39. The number of aliphatic hydroxyl groups is 2. The molecule has 0 radical (unpaired) electrons. The number of carboxylic acids is 1. The van der Waals surface area contributed by atoms with Gasteiger partial charge in [0, 0.05) is 42.1 Å². The number of carbonyl (C=O) groups excluding carboxylic acids is 3. The average molecular weight is 846 g/mol. The molecular weight excluding hydrogens is 806 g/mol. The SMILES string of the molecule is CC[C@@]1(O)C(=O)OCc2c1cc1n(c2=O)Cc2c-1nc1cc3c(cc1c2CNC(=O)OCc1ccc(O[C@@H]2OC(C(=O)O)[C@H]4OCOC4C2O)c(NC(=O)CCN)c1)OCO3. The highest BCUT2D eigenvalue weighted by Gasteiger charge is 2.53. The minimum atomic E-state index is -2.02. The number of aliphatic hydroxyl groups excluding tert-OH is 1. The Balaban J connectivity index is 0.962. The van der Waals surface area contributed by atoms with E-state index in [-0.39, 0.29) is 81.8 Å². The van der Waals surface area contributed by atoms with Gasteiger partial charge in [0.1, 0.15) is 44.1 Å². The maximum absolute atomic E-state index is 13.9. The number of carbonyl (C=O) groups is 4. The lowest BCUT2D eigenvalue weighted by Crippen LogP contribution is -2.60. The fraction of sp³-hybridized carbons (Fsp3) is 0.400. The number of cyclic esters (lactones) is 1. The standard InChI is InChI=1S/C40H39N5O16/c1-2-40(53)22-9-25-30-20(12-45(25)35(48)21(22)14-54-38(40)51)19(18-8-27-28(57-15-56-27)10-23(18)44-30)11-42-39(52)55-13-17-3-4-26(24(7-17)43-29(46)5-6-41)60-37-31(47)32-33(59-16-58-32)34(61-37)36(49)50/h3-4,7-10,31-34,37,47,53H,2,5-6,11-16,41H2,1H3,(H,42,52)(H,43,46)(H,49,50)/t31?,32?,33-,34?,37+,40-/m0/s1. The third-order valence-corrected chi connectivity index (χ3v) is 11.3. The van der Waals surface area contributed by atoms with Crippen molar-refractivity contribution in [1.29, 1.82) is 0 Å². The molecule has 2 amide bonds. The number of nitrogens with one attached hydrogen (secondary N) is 2. The van der Waals surface area contributed by atoms with Crippen LogP contribution in [0.3, 0.4) is 0 Å². The molecule has 0 spiro atoms. The summed E-state index contributed by atoms with van der Waals surface area (Å²) in [6, 6.07) is 9.45. The Morgan fingerprint density at radius 2 is 1.82 bits per heavy atom. The van der Waals surface area contributed by atoms with Crippen molar-refractivity contribution in [2.24, 2.45) is 5.73 Å². The molecule has 9 rings (SSSR count). The number of esters is 1. The number of pyridine rings is 2. The first-order valence-corrected chi connectivity index (χ1v) is 19.3. The van der Waals surface area contributed by atoms with Crippen molar-refractivity contribution in [2.75, 3.05) is 25.4 Å². The van der Waals surface area contributed by atoms with Crippen LogP contribution in [-0.4, -0.2) is 99.6 Å². The van der Waals surface area contributed by atoms with Gasteiger partial charge in [0.2, 0.25) is 19.0 Å². The largest absolute Gasteiger partial charge is 0.479 e. The van der Waals surface area contributed by atoms with Crippen LogP contribution in [0.1, 0.15) is 47.6 Å². The third-order valence-electron chi connectivity index (χ3n) is 11.3. The normalized spacial score (nSPS) is 24.3. The molecule has 0 aliphatic carbocycles. The van der Waals surface area contributed by atoms with Crippen LogP contribution in [0.4, 0.5) is 10.5 Å². The van der Waals surface area contributed by atoms with E-state index < -0.39 is 65.8 Å². The average Bonchev–Trinajstić information content (AvgIpc) is 4.01. The Labute approximate surface area is 344 Å². The van der Waals surface area contributed by atoms with Gasteiger partial charge in [-0.05, 0) is 41.8 Å². The van der Waals surface area contributed by atoms with Crippen LogP contribution in [0.25, 0.3) is 22.3 Å². The Bertz CT molecular complexity index is 2560. The highest BCUT2D eigenvalue weighted by molar-refractivity contribution is 5.93. The molecule has 2 aromatic carbocycles. The zero-order chi connectivity index (χ0) is 42.7. The topological polar surface area (TPSA) is 288 Å². The molecule has 2 saturated heterocycles. The van der Waals surface area contributed by atoms with Gasteiger partial charge >= 0.3 is 18.0 Å². The van der Waals surface area contributed by atoms with Gasteiger partial charge in [-0.2, -0.15) is 0 Å². The molecule has 2 fully saturated rings. The molecule has 0 bridgehead atoms. The summed E-state index contributed by atoms with van der Waals surface area (Å²) in [6.07, 6.45) is -7.51. The molecule has 6 atom stereocenters. The molecule has 2 aromatic heterocycles. The fourth-order valence-corrected chi connectivity index (χ4v) is 8.14. The molecule has 7 heterocycles. The van der Waals surface area contributed by atoms with Crippen LogP contribution in [-0.2, 0) is 70.0 Å². The number of aliphatic carboxylic acids is 1. The maximum atomic E-state index is 13.9. The van der Waals surface area contributed by atoms with Crippen molar-refractivity contribution in [3.63, 3.8) is 0 Å². The molecule has 0 saturated carbocycles. The highest BCUT2D eigenvalue weighted by atomic mass is 16.8. The summed E-state index contributed by atoms with van der Waals surface area (Å²) in [6.45, 7) is 0.804. The summed E-state index contributed by atoms with van der Waals surface area (Å²) < 4.78 is 45.7. The number of nitrogens with two attached hydrogens (primary N) is 1. The van der Waals surface area contributed by atoms with Crippen LogP contribution < -0.4 is 36.1 Å². The minimum absolute atomic E-state index is 0.000361. The molecule has 21 heteroatoms. The molecule has 5 aliphatic heterocycles. The van der Waals surface area contributed by atoms with Gasteiger partial charge in [0.05, 0.1) is 34.7 Å². The summed E-state index contributed by atoms with van der Waals surface area (Å²) in [5.74, 6) is -1.75. The van der Waals surface area contributed by atoms with Crippen LogP contribution in [0.15, 0.2) is 41.2 Å². The number of rotatable bonds is 11. The molecule has 4 aromatic rings. The number of hydrogen-bond donors (Lipinski definition) is 6. The van der Waals surface area contributed by atoms with E-state index in [0.717, 1.165) is 0 Å². The van der Waals surface area contributed by atoms with E-state index >= 15 is 0 Å². The first-order chi connectivity index (χ1) is 29.4. The molecular formula is C40H39N5O16. The number of hydrogen-bond acceptors (Lipinski definition) is 17. The van der Waals surface area contributed by atoms with Crippen LogP contribution in [0.5, 0.6) is 17.2 Å². The zero-order valence-electron chi connectivity index (χ0n) is 32.3. The van der Waals surface area contributed by atoms with Crippen molar-refractivity contribution in [1.82, 2.24) is 14.9 Å². The van der Waals surface area contributed by atoms with Crippen LogP contribution in [0.2, 0.25) is 0 Å². The smallest absolute Gasteiger partial charge is 0.407 e. The second-order valence-corrected chi connectivity index (χ2v) is 14.8. The van der Waals surface area contributed by atoms with Crippen molar-refractivity contribution in [3.05, 3.63) is 74.6 Å². The minimum Gasteiger partial charge on any atom is -0.479 e. The molecule has 21 nitrogen and oxygen atoms in total. The lowest BCUT2D eigenvalue weighted by Gasteiger charge is -2.38. The van der Waals surface area contributed by atoms with E-state index in [4.69, 9.17) is 48.6 Å². The van der Waals surface area contributed by atoms with Gasteiger partial charge in [0.15, 0.2) is 23.2 Å². The highest BCUT2D eigenvalue weighted by Crippen LogP contribution is 2.43. The van der Waals surface area contributed by atoms with E-state index in [9.17, 15) is 39.3 Å². The van der Waals surface area contributed by atoms with Gasteiger partial charge in [-0.25, -0.2) is 19.4 Å². The number of nitrogens with zero attached hydrogens (tertiary/aromatic N) is 2. The van der Waals surface area contributed by atoms with E-state index in [0.29, 0.717) is 50.5 Å². The zero-order valence-corrected chi connectivity index (χ0v) is 32.3. The molecule has 7 N–H and O–H groups in total. The van der Waals surface area contributed by atoms with Gasteiger partial charge in [-0.15, -0.1) is 0 Å². The van der Waals surface area contributed by atoms with E-state index in [2.05, 4.69) is 10.6 Å². The molecule has 3 unspecified atom stereocenters. The lowest BCUT2D eigenvalue weighted by molar-refractivity contribution is -0.249. The third kappa shape index (κ3) is 6.93. The van der Waals surface area contributed by atoms with Gasteiger partial charge < -0.3 is 74.1 Å². The Morgan fingerprint density at radius 1 is 1.03 bits per heavy atom. The summed E-state index contributed by atoms with van der Waals surface area (Å²) in [5, 5.41) is 38.0. The first-order valence-electron chi connectivity index (χ1n) is 19.3. The molecule has 5 aliphatic rings. The quantitative estimate of drug-likeness (QED) is 0.100. The fourth-order valence-electron chi connectivity index (χ4n) is 8.14. The summed E-state index contributed by atoms with van der Waals surface area (Å²) in [7, 11) is 0. The second-order valence-electron chi connectivity index (χ2n) is 14.8. The number of carboxylic acid groups (broad SMARTS) is 1. The molecule has 320 valence electrons.